The lowest BCUT2D eigenvalue weighted by Gasteiger charge is -2.32. The van der Waals surface area contributed by atoms with Crippen LogP contribution in [0.15, 0.2) is 30.6 Å². The highest BCUT2D eigenvalue weighted by Crippen LogP contribution is 2.52. The molecule has 0 bridgehead atoms. The summed E-state index contributed by atoms with van der Waals surface area (Å²) in [6.07, 6.45) is 8.67. The van der Waals surface area contributed by atoms with Crippen molar-refractivity contribution >= 4 is 29.1 Å². The molecule has 2 aromatic rings. The van der Waals surface area contributed by atoms with Crippen molar-refractivity contribution in [3.05, 3.63) is 57.9 Å². The first-order valence-electron chi connectivity index (χ1n) is 9.91. The molecule has 6 heteroatoms. The number of pyridine rings is 1. The van der Waals surface area contributed by atoms with Gasteiger partial charge in [0.1, 0.15) is 0 Å². The number of benzene rings is 1. The lowest BCUT2D eigenvalue weighted by molar-refractivity contribution is -0.119. The van der Waals surface area contributed by atoms with E-state index in [2.05, 4.69) is 10.3 Å². The Balaban J connectivity index is 1.62. The number of nitrogens with zero attached hydrogens (tertiary/aromatic N) is 2. The second kappa shape index (κ2) is 6.59. The van der Waals surface area contributed by atoms with Gasteiger partial charge in [0, 0.05) is 23.7 Å². The number of rotatable bonds is 3. The largest absolute Gasteiger partial charge is 0.349 e. The molecule has 0 radical (unpaired) electrons. The van der Waals surface area contributed by atoms with Gasteiger partial charge in [-0.1, -0.05) is 11.6 Å². The summed E-state index contributed by atoms with van der Waals surface area (Å²) >= 11 is 6.26. The van der Waals surface area contributed by atoms with Crippen molar-refractivity contribution in [2.75, 3.05) is 4.90 Å². The lowest BCUT2D eigenvalue weighted by atomic mass is 9.87. The van der Waals surface area contributed by atoms with E-state index in [1.54, 1.807) is 13.0 Å². The molecular formula is C22H22ClN3O2. The van der Waals surface area contributed by atoms with Gasteiger partial charge in [0.25, 0.3) is 5.91 Å². The number of carbonyl (C=O) groups is 2. The Bertz CT molecular complexity index is 986. The Morgan fingerprint density at radius 2 is 2.04 bits per heavy atom. The number of carbonyl (C=O) groups excluding carboxylic acids is 2. The third-order valence-electron chi connectivity index (χ3n) is 6.13. The standard InChI is InChI=1S/C22H22ClN3O2/c1-12(27)25-19-4-2-3-15-18(19)10-24-11-20(15)26-21(13-5-6-13)17-9-14(23)7-8-16(17)22(26)28/h7-11,13,19,21H,2-6H2,1H3,(H,25,27)/t19-,21?/m1/s1. The number of amides is 2. The zero-order valence-corrected chi connectivity index (χ0v) is 16.5. The summed E-state index contributed by atoms with van der Waals surface area (Å²) in [6.45, 7) is 1.54. The molecule has 28 heavy (non-hydrogen) atoms. The van der Waals surface area contributed by atoms with E-state index in [0.29, 0.717) is 10.9 Å². The van der Waals surface area contributed by atoms with E-state index < -0.39 is 0 Å². The van der Waals surface area contributed by atoms with Crippen LogP contribution in [0.3, 0.4) is 0 Å². The van der Waals surface area contributed by atoms with Crippen LogP contribution >= 0.6 is 11.6 Å². The fourth-order valence-electron chi connectivity index (χ4n) is 4.81. The molecule has 1 N–H and O–H groups in total. The number of hydrogen-bond donors (Lipinski definition) is 1. The van der Waals surface area contributed by atoms with E-state index in [-0.39, 0.29) is 23.9 Å². The molecule has 2 heterocycles. The van der Waals surface area contributed by atoms with E-state index in [9.17, 15) is 9.59 Å². The average Bonchev–Trinajstić information content (AvgIpc) is 3.46. The van der Waals surface area contributed by atoms with Crippen molar-refractivity contribution in [3.8, 4) is 0 Å². The Morgan fingerprint density at radius 3 is 2.79 bits per heavy atom. The van der Waals surface area contributed by atoms with Gasteiger partial charge in [0.2, 0.25) is 5.91 Å². The molecule has 144 valence electrons. The van der Waals surface area contributed by atoms with Crippen LogP contribution in [-0.4, -0.2) is 16.8 Å². The molecule has 1 unspecified atom stereocenters. The number of hydrogen-bond acceptors (Lipinski definition) is 3. The summed E-state index contributed by atoms with van der Waals surface area (Å²) in [5, 5.41) is 3.70. The summed E-state index contributed by atoms with van der Waals surface area (Å²) in [7, 11) is 0. The van der Waals surface area contributed by atoms with Gasteiger partial charge in [0.15, 0.2) is 0 Å². The van der Waals surface area contributed by atoms with Gasteiger partial charge in [-0.25, -0.2) is 0 Å². The van der Waals surface area contributed by atoms with Gasteiger partial charge in [0.05, 0.1) is 24.0 Å². The predicted molar refractivity (Wildman–Crippen MR) is 107 cm³/mol. The smallest absolute Gasteiger partial charge is 0.259 e. The SMILES string of the molecule is CC(=O)N[C@@H]1CCCc2c1cncc2N1C(=O)c2ccc(Cl)cc2C1C1CC1. The summed E-state index contributed by atoms with van der Waals surface area (Å²) in [5.41, 5.74) is 4.84. The van der Waals surface area contributed by atoms with E-state index in [0.717, 1.165) is 60.0 Å². The second-order valence-corrected chi connectivity index (χ2v) is 8.50. The first kappa shape index (κ1) is 17.7. The van der Waals surface area contributed by atoms with Crippen molar-refractivity contribution in [2.45, 2.75) is 51.1 Å². The van der Waals surface area contributed by atoms with Crippen LogP contribution in [0.4, 0.5) is 5.69 Å². The van der Waals surface area contributed by atoms with Crippen molar-refractivity contribution in [1.29, 1.82) is 0 Å². The summed E-state index contributed by atoms with van der Waals surface area (Å²) in [6, 6.07) is 5.56. The van der Waals surface area contributed by atoms with Gasteiger partial charge in [-0.3, -0.25) is 19.5 Å². The van der Waals surface area contributed by atoms with Gasteiger partial charge in [-0.2, -0.15) is 0 Å². The molecule has 3 aliphatic rings. The molecule has 1 aliphatic heterocycles. The summed E-state index contributed by atoms with van der Waals surface area (Å²) < 4.78 is 0. The number of halogens is 1. The first-order valence-corrected chi connectivity index (χ1v) is 10.3. The number of nitrogens with one attached hydrogen (secondary N) is 1. The molecule has 2 amide bonds. The molecule has 2 atom stereocenters. The summed E-state index contributed by atoms with van der Waals surface area (Å²) in [4.78, 5) is 31.4. The minimum Gasteiger partial charge on any atom is -0.349 e. The van der Waals surface area contributed by atoms with Crippen molar-refractivity contribution in [3.63, 3.8) is 0 Å². The second-order valence-electron chi connectivity index (χ2n) is 8.06. The Labute approximate surface area is 169 Å². The molecule has 1 aromatic heterocycles. The van der Waals surface area contributed by atoms with Gasteiger partial charge >= 0.3 is 0 Å². The maximum absolute atomic E-state index is 13.4. The highest BCUT2D eigenvalue weighted by Gasteiger charge is 2.47. The molecule has 2 aliphatic carbocycles. The zero-order valence-electron chi connectivity index (χ0n) is 15.7. The minimum absolute atomic E-state index is 0.0237. The molecule has 1 saturated carbocycles. The van der Waals surface area contributed by atoms with Gasteiger partial charge < -0.3 is 5.32 Å². The van der Waals surface area contributed by atoms with Crippen molar-refractivity contribution in [1.82, 2.24) is 10.3 Å². The molecule has 0 spiro atoms. The topological polar surface area (TPSA) is 62.3 Å². The minimum atomic E-state index is -0.0431. The number of fused-ring (bicyclic) bond motifs is 2. The van der Waals surface area contributed by atoms with Crippen LogP contribution < -0.4 is 10.2 Å². The highest BCUT2D eigenvalue weighted by molar-refractivity contribution is 6.31. The molecule has 5 rings (SSSR count). The van der Waals surface area contributed by atoms with Crippen LogP contribution in [0.2, 0.25) is 5.02 Å². The number of aromatic nitrogens is 1. The van der Waals surface area contributed by atoms with E-state index in [1.165, 1.54) is 0 Å². The first-order chi connectivity index (χ1) is 13.5. The zero-order chi connectivity index (χ0) is 19.4. The van der Waals surface area contributed by atoms with Crippen LogP contribution in [0.5, 0.6) is 0 Å². The maximum Gasteiger partial charge on any atom is 0.259 e. The van der Waals surface area contributed by atoms with E-state index >= 15 is 0 Å². The summed E-state index contributed by atoms with van der Waals surface area (Å²) in [5.74, 6) is 0.452. The quantitative estimate of drug-likeness (QED) is 0.839. The third kappa shape index (κ3) is 2.80. The fourth-order valence-corrected chi connectivity index (χ4v) is 4.99. The van der Waals surface area contributed by atoms with Gasteiger partial charge in [-0.05, 0) is 72.9 Å². The maximum atomic E-state index is 13.4. The van der Waals surface area contributed by atoms with Gasteiger partial charge in [-0.15, -0.1) is 0 Å². The number of anilines is 1. The monoisotopic (exact) mass is 395 g/mol. The Kier molecular flexibility index (Phi) is 4.16. The van der Waals surface area contributed by atoms with Crippen LogP contribution in [0, 0.1) is 5.92 Å². The predicted octanol–water partition coefficient (Wildman–Crippen LogP) is 4.36. The molecule has 1 aromatic carbocycles. The molecular weight excluding hydrogens is 374 g/mol. The van der Waals surface area contributed by atoms with Crippen LogP contribution in [-0.2, 0) is 11.2 Å². The van der Waals surface area contributed by atoms with Crippen molar-refractivity contribution < 1.29 is 9.59 Å². The Morgan fingerprint density at radius 1 is 1.21 bits per heavy atom. The normalized spacial score (nSPS) is 23.4. The van der Waals surface area contributed by atoms with E-state index in [4.69, 9.17) is 11.6 Å². The van der Waals surface area contributed by atoms with Crippen LogP contribution in [0.25, 0.3) is 0 Å². The highest BCUT2D eigenvalue weighted by atomic mass is 35.5. The molecule has 5 nitrogen and oxygen atoms in total. The lowest BCUT2D eigenvalue weighted by Crippen LogP contribution is -2.33. The fraction of sp³-hybridized carbons (Fsp3) is 0.409. The average molecular weight is 396 g/mol. The third-order valence-corrected chi connectivity index (χ3v) is 6.36. The molecule has 0 saturated heterocycles. The van der Waals surface area contributed by atoms with E-state index in [1.807, 2.05) is 29.4 Å². The van der Waals surface area contributed by atoms with Crippen LogP contribution in [0.1, 0.15) is 71.7 Å². The Hall–Kier alpha value is -2.40. The molecule has 1 fully saturated rings. The van der Waals surface area contributed by atoms with Crippen molar-refractivity contribution in [2.24, 2.45) is 5.92 Å².